The molecule has 4 rings (SSSR count). The van der Waals surface area contributed by atoms with Crippen molar-refractivity contribution in [3.63, 3.8) is 0 Å². The Labute approximate surface area is 154 Å². The van der Waals surface area contributed by atoms with Crippen molar-refractivity contribution in [1.82, 2.24) is 14.7 Å². The predicted molar refractivity (Wildman–Crippen MR) is 94.4 cm³/mol. The van der Waals surface area contributed by atoms with Gasteiger partial charge in [-0.1, -0.05) is 0 Å². The van der Waals surface area contributed by atoms with Crippen molar-refractivity contribution in [2.24, 2.45) is 0 Å². The second kappa shape index (κ2) is 7.26. The summed E-state index contributed by atoms with van der Waals surface area (Å²) in [4.78, 5) is 14.6. The number of hydrogen-bond donors (Lipinski definition) is 0. The minimum atomic E-state index is -0.442. The lowest BCUT2D eigenvalue weighted by Crippen LogP contribution is -2.33. The van der Waals surface area contributed by atoms with E-state index < -0.39 is 11.6 Å². The quantitative estimate of drug-likeness (QED) is 0.804. The Balaban J connectivity index is 1.49. The fourth-order valence-corrected chi connectivity index (χ4v) is 4.61. The number of carbonyl (C=O) groups excluding carboxylic acids is 1. The van der Waals surface area contributed by atoms with Gasteiger partial charge < -0.3 is 9.64 Å². The second-order valence-corrected chi connectivity index (χ2v) is 7.71. The summed E-state index contributed by atoms with van der Waals surface area (Å²) in [6.45, 7) is 2.38. The van der Waals surface area contributed by atoms with Crippen LogP contribution < -0.4 is 4.74 Å². The van der Waals surface area contributed by atoms with Gasteiger partial charge in [0.25, 0.3) is 5.91 Å². The molecule has 5 nitrogen and oxygen atoms in total. The van der Waals surface area contributed by atoms with Crippen LogP contribution >= 0.6 is 11.8 Å². The lowest BCUT2D eigenvalue weighted by molar-refractivity contribution is 0.0759. The third-order valence-corrected chi connectivity index (χ3v) is 6.02. The molecule has 3 heterocycles. The lowest BCUT2D eigenvalue weighted by atomic mass is 10.1. The molecule has 1 saturated heterocycles. The minimum absolute atomic E-state index is 0.117. The van der Waals surface area contributed by atoms with Gasteiger partial charge in [0.15, 0.2) is 0 Å². The van der Waals surface area contributed by atoms with Crippen LogP contribution in [0.2, 0.25) is 0 Å². The smallest absolute Gasteiger partial charge is 0.261 e. The summed E-state index contributed by atoms with van der Waals surface area (Å²) in [5, 5.41) is 4.06. The minimum Gasteiger partial charge on any atom is -0.477 e. The van der Waals surface area contributed by atoms with Gasteiger partial charge in [-0.15, -0.1) is 0 Å². The first kappa shape index (κ1) is 17.3. The molecule has 0 saturated carbocycles. The zero-order valence-corrected chi connectivity index (χ0v) is 15.0. The number of amides is 1. The third kappa shape index (κ3) is 3.30. The Kier molecular flexibility index (Phi) is 4.84. The largest absolute Gasteiger partial charge is 0.477 e. The Morgan fingerprint density at radius 1 is 1.27 bits per heavy atom. The fourth-order valence-electron chi connectivity index (χ4n) is 3.37. The Morgan fingerprint density at radius 3 is 3.04 bits per heavy atom. The van der Waals surface area contributed by atoms with Crippen molar-refractivity contribution in [2.75, 3.05) is 25.4 Å². The van der Waals surface area contributed by atoms with Crippen molar-refractivity contribution >= 4 is 17.7 Å². The number of halogens is 2. The van der Waals surface area contributed by atoms with Gasteiger partial charge in [0, 0.05) is 42.6 Å². The summed E-state index contributed by atoms with van der Waals surface area (Å²) in [6.07, 6.45) is 3.01. The highest BCUT2D eigenvalue weighted by Crippen LogP contribution is 2.36. The second-order valence-electron chi connectivity index (χ2n) is 6.39. The highest BCUT2D eigenvalue weighted by molar-refractivity contribution is 7.99. The first-order chi connectivity index (χ1) is 12.6. The van der Waals surface area contributed by atoms with E-state index in [1.165, 1.54) is 6.07 Å². The van der Waals surface area contributed by atoms with Gasteiger partial charge in [0.05, 0.1) is 12.8 Å². The Morgan fingerprint density at radius 2 is 2.15 bits per heavy atom. The summed E-state index contributed by atoms with van der Waals surface area (Å²) in [5.41, 5.74) is 0.848. The topological polar surface area (TPSA) is 47.4 Å². The van der Waals surface area contributed by atoms with Gasteiger partial charge in [-0.05, 0) is 24.6 Å². The zero-order valence-electron chi connectivity index (χ0n) is 14.2. The average molecular weight is 379 g/mol. The summed E-state index contributed by atoms with van der Waals surface area (Å²) in [6, 6.07) is 3.54. The molecule has 2 aromatic rings. The van der Waals surface area contributed by atoms with Gasteiger partial charge in [-0.3, -0.25) is 4.79 Å². The third-order valence-electron chi connectivity index (χ3n) is 4.71. The summed E-state index contributed by atoms with van der Waals surface area (Å²) in [7, 11) is 0. The molecular weight excluding hydrogens is 360 g/mol. The van der Waals surface area contributed by atoms with Crippen LogP contribution in [0.1, 0.15) is 34.0 Å². The molecule has 2 aliphatic heterocycles. The maximum absolute atomic E-state index is 14.1. The number of fused-ring (bicyclic) bond motifs is 1. The summed E-state index contributed by atoms with van der Waals surface area (Å²) < 4.78 is 34.9. The molecule has 8 heteroatoms. The molecule has 0 radical (unpaired) electrons. The molecule has 1 aromatic carbocycles. The molecule has 0 N–H and O–H groups in total. The molecule has 1 unspecified atom stereocenters. The zero-order chi connectivity index (χ0) is 18.1. The first-order valence-electron chi connectivity index (χ1n) is 8.68. The van der Waals surface area contributed by atoms with E-state index in [1.807, 2.05) is 0 Å². The molecule has 0 spiro atoms. The van der Waals surface area contributed by atoms with E-state index in [-0.39, 0.29) is 11.2 Å². The van der Waals surface area contributed by atoms with E-state index in [2.05, 4.69) is 5.10 Å². The summed E-state index contributed by atoms with van der Waals surface area (Å²) >= 11 is 1.55. The number of carbonyl (C=O) groups is 1. The maximum atomic E-state index is 14.1. The molecule has 138 valence electrons. The monoisotopic (exact) mass is 379 g/mol. The molecule has 0 bridgehead atoms. The molecule has 1 atom stereocenters. The van der Waals surface area contributed by atoms with E-state index in [9.17, 15) is 13.6 Å². The van der Waals surface area contributed by atoms with Crippen molar-refractivity contribution in [3.05, 3.63) is 47.2 Å². The van der Waals surface area contributed by atoms with Gasteiger partial charge in [0.1, 0.15) is 17.2 Å². The SMILES string of the molecule is O=C(c1cnn2c1OCCC2)N1CCSC(c2cc(F)ccc2F)CC1. The van der Waals surface area contributed by atoms with E-state index >= 15 is 0 Å². The number of aryl methyl sites for hydroxylation is 1. The fraction of sp³-hybridized carbons (Fsp3) is 0.444. The normalized spacial score (nSPS) is 20.2. The molecule has 1 fully saturated rings. The number of thioether (sulfide) groups is 1. The van der Waals surface area contributed by atoms with Crippen LogP contribution in [-0.4, -0.2) is 46.0 Å². The standard InChI is InChI=1S/C18H19F2N3O2S/c19-12-2-3-15(20)13(10-12)16-4-6-22(7-9-26-16)17(24)14-11-21-23-5-1-8-25-18(14)23/h2-3,10-11,16H,1,4-9H2. The van der Waals surface area contributed by atoms with Gasteiger partial charge in [-0.25, -0.2) is 13.5 Å². The van der Waals surface area contributed by atoms with E-state index in [0.29, 0.717) is 48.9 Å². The lowest BCUT2D eigenvalue weighted by Gasteiger charge is -2.21. The highest BCUT2D eigenvalue weighted by atomic mass is 32.2. The Bertz CT molecular complexity index is 827. The number of ether oxygens (including phenoxy) is 1. The van der Waals surface area contributed by atoms with Crippen LogP contribution in [0.5, 0.6) is 5.88 Å². The molecular formula is C18H19F2N3O2S. The molecule has 1 aromatic heterocycles. The molecule has 0 aliphatic carbocycles. The molecule has 26 heavy (non-hydrogen) atoms. The van der Waals surface area contributed by atoms with Crippen molar-refractivity contribution in [2.45, 2.75) is 24.6 Å². The van der Waals surface area contributed by atoms with Crippen molar-refractivity contribution < 1.29 is 18.3 Å². The molecule has 2 aliphatic rings. The van der Waals surface area contributed by atoms with E-state index in [0.717, 1.165) is 25.1 Å². The van der Waals surface area contributed by atoms with Crippen LogP contribution in [0.15, 0.2) is 24.4 Å². The van der Waals surface area contributed by atoms with Crippen LogP contribution in [0.3, 0.4) is 0 Å². The van der Waals surface area contributed by atoms with Crippen molar-refractivity contribution in [1.29, 1.82) is 0 Å². The average Bonchev–Trinajstić information content (AvgIpc) is 2.93. The predicted octanol–water partition coefficient (Wildman–Crippen LogP) is 3.26. The van der Waals surface area contributed by atoms with Crippen LogP contribution in [0.25, 0.3) is 0 Å². The number of benzene rings is 1. The number of nitrogens with zero attached hydrogens (tertiary/aromatic N) is 3. The highest BCUT2D eigenvalue weighted by Gasteiger charge is 2.29. The number of hydrogen-bond acceptors (Lipinski definition) is 4. The van der Waals surface area contributed by atoms with Crippen LogP contribution in [0.4, 0.5) is 8.78 Å². The van der Waals surface area contributed by atoms with Crippen molar-refractivity contribution in [3.8, 4) is 5.88 Å². The van der Waals surface area contributed by atoms with Gasteiger partial charge in [-0.2, -0.15) is 16.9 Å². The number of rotatable bonds is 2. The molecule has 1 amide bonds. The van der Waals surface area contributed by atoms with Crippen LogP contribution in [-0.2, 0) is 6.54 Å². The Hall–Kier alpha value is -2.09. The van der Waals surface area contributed by atoms with E-state index in [1.54, 1.807) is 27.5 Å². The van der Waals surface area contributed by atoms with Gasteiger partial charge >= 0.3 is 0 Å². The maximum Gasteiger partial charge on any atom is 0.261 e. The first-order valence-corrected chi connectivity index (χ1v) is 9.73. The van der Waals surface area contributed by atoms with Crippen LogP contribution in [0, 0.1) is 11.6 Å². The summed E-state index contributed by atoms with van der Waals surface area (Å²) in [5.74, 6) is 0.238. The number of aromatic nitrogens is 2. The van der Waals surface area contributed by atoms with Gasteiger partial charge in [0.2, 0.25) is 5.88 Å². The van der Waals surface area contributed by atoms with E-state index in [4.69, 9.17) is 4.74 Å².